The minimum Gasteiger partial charge on any atom is -0.466 e. The predicted molar refractivity (Wildman–Crippen MR) is 149 cm³/mol. The first-order chi connectivity index (χ1) is 19.9. The zero-order valence-electron chi connectivity index (χ0n) is 22.5. The van der Waals surface area contributed by atoms with Gasteiger partial charge in [-0.05, 0) is 24.6 Å². The lowest BCUT2D eigenvalue weighted by Gasteiger charge is -2.36. The average Bonchev–Trinajstić information content (AvgIpc) is 3.50. The standard InChI is InChI=1S/C31H25N5O5/c1-18-13-15-20(16-14-18)28-34-29(41-35-28)21-11-7-8-12-23(21)36-26(31(38)40-3)25(30(37)39-2)24(22(17-32)27(36)33)19-9-5-4-6-10-19/h4-16,24H,33H2,1-3H3. The van der Waals surface area contributed by atoms with Crippen molar-refractivity contribution in [1.29, 1.82) is 5.26 Å². The molecule has 0 fully saturated rings. The number of hydrogen-bond acceptors (Lipinski definition) is 10. The number of aromatic nitrogens is 2. The van der Waals surface area contributed by atoms with Gasteiger partial charge in [0.2, 0.25) is 5.82 Å². The van der Waals surface area contributed by atoms with Crippen LogP contribution in [0.1, 0.15) is 17.0 Å². The van der Waals surface area contributed by atoms with E-state index < -0.39 is 17.9 Å². The number of methoxy groups -OCH3 is 2. The molecule has 0 saturated heterocycles. The Morgan fingerprint density at radius 2 is 1.61 bits per heavy atom. The molecule has 1 atom stereocenters. The molecule has 10 nitrogen and oxygen atoms in total. The van der Waals surface area contributed by atoms with Gasteiger partial charge in [0.15, 0.2) is 0 Å². The molecule has 41 heavy (non-hydrogen) atoms. The summed E-state index contributed by atoms with van der Waals surface area (Å²) in [5.41, 5.74) is 9.53. The van der Waals surface area contributed by atoms with Gasteiger partial charge in [-0.25, -0.2) is 9.59 Å². The van der Waals surface area contributed by atoms with E-state index in [1.807, 2.05) is 31.2 Å². The quantitative estimate of drug-likeness (QED) is 0.340. The minimum atomic E-state index is -0.984. The van der Waals surface area contributed by atoms with Gasteiger partial charge in [0.25, 0.3) is 5.89 Å². The van der Waals surface area contributed by atoms with Crippen molar-refractivity contribution in [1.82, 2.24) is 10.1 Å². The Hall–Kier alpha value is -5.69. The number of ether oxygens (including phenoxy) is 2. The van der Waals surface area contributed by atoms with Crippen molar-refractivity contribution in [2.24, 2.45) is 5.73 Å². The Labute approximate surface area is 235 Å². The van der Waals surface area contributed by atoms with Gasteiger partial charge in [-0.2, -0.15) is 10.2 Å². The number of para-hydroxylation sites is 1. The first kappa shape index (κ1) is 26.9. The minimum absolute atomic E-state index is 0.0462. The van der Waals surface area contributed by atoms with E-state index in [0.717, 1.165) is 11.1 Å². The molecule has 3 aromatic carbocycles. The summed E-state index contributed by atoms with van der Waals surface area (Å²) in [7, 11) is 2.39. The molecule has 5 rings (SSSR count). The number of aryl methyl sites for hydroxylation is 1. The lowest BCUT2D eigenvalue weighted by Crippen LogP contribution is -2.41. The zero-order valence-corrected chi connectivity index (χ0v) is 22.5. The van der Waals surface area contributed by atoms with Crippen LogP contribution in [0.2, 0.25) is 0 Å². The molecule has 0 amide bonds. The van der Waals surface area contributed by atoms with Crippen molar-refractivity contribution in [3.05, 3.63) is 113 Å². The van der Waals surface area contributed by atoms with Crippen LogP contribution in [0, 0.1) is 18.3 Å². The highest BCUT2D eigenvalue weighted by Crippen LogP contribution is 2.45. The third-order valence-electron chi connectivity index (χ3n) is 6.72. The Morgan fingerprint density at radius 1 is 0.951 bits per heavy atom. The van der Waals surface area contributed by atoms with E-state index >= 15 is 0 Å². The lowest BCUT2D eigenvalue weighted by atomic mass is 9.80. The van der Waals surface area contributed by atoms with Crippen molar-refractivity contribution in [2.45, 2.75) is 12.8 Å². The van der Waals surface area contributed by atoms with E-state index in [1.165, 1.54) is 19.1 Å². The highest BCUT2D eigenvalue weighted by atomic mass is 16.5. The van der Waals surface area contributed by atoms with Crippen LogP contribution in [0.4, 0.5) is 5.69 Å². The van der Waals surface area contributed by atoms with E-state index in [4.69, 9.17) is 19.7 Å². The van der Waals surface area contributed by atoms with E-state index in [0.29, 0.717) is 22.6 Å². The van der Waals surface area contributed by atoms with E-state index in [9.17, 15) is 14.9 Å². The van der Waals surface area contributed by atoms with Gasteiger partial charge in [0.05, 0.1) is 48.6 Å². The molecule has 0 radical (unpaired) electrons. The first-order valence-electron chi connectivity index (χ1n) is 12.5. The maximum Gasteiger partial charge on any atom is 0.355 e. The second-order valence-electron chi connectivity index (χ2n) is 9.14. The molecular weight excluding hydrogens is 522 g/mol. The van der Waals surface area contributed by atoms with Gasteiger partial charge in [-0.1, -0.05) is 77.5 Å². The highest BCUT2D eigenvalue weighted by molar-refractivity contribution is 6.07. The van der Waals surface area contributed by atoms with Crippen molar-refractivity contribution in [3.8, 4) is 28.9 Å². The second kappa shape index (κ2) is 11.2. The molecule has 10 heteroatoms. The summed E-state index contributed by atoms with van der Waals surface area (Å²) in [5.74, 6) is -2.23. The van der Waals surface area contributed by atoms with Gasteiger partial charge in [-0.15, -0.1) is 0 Å². The fourth-order valence-electron chi connectivity index (χ4n) is 4.77. The number of hydrogen-bond donors (Lipinski definition) is 1. The Kier molecular flexibility index (Phi) is 7.35. The number of nitriles is 1. The van der Waals surface area contributed by atoms with Gasteiger partial charge in [0.1, 0.15) is 11.5 Å². The Bertz CT molecular complexity index is 1730. The number of carbonyl (C=O) groups is 2. The fourth-order valence-corrected chi connectivity index (χ4v) is 4.77. The molecule has 0 saturated carbocycles. The van der Waals surface area contributed by atoms with Gasteiger partial charge >= 0.3 is 11.9 Å². The molecule has 1 aliphatic rings. The summed E-state index contributed by atoms with van der Waals surface area (Å²) in [5, 5.41) is 14.4. The summed E-state index contributed by atoms with van der Waals surface area (Å²) >= 11 is 0. The van der Waals surface area contributed by atoms with E-state index in [2.05, 4.69) is 16.2 Å². The number of nitrogens with zero attached hydrogens (tertiary/aromatic N) is 4. The van der Waals surface area contributed by atoms with Gasteiger partial charge in [-0.3, -0.25) is 4.90 Å². The van der Waals surface area contributed by atoms with Crippen LogP contribution >= 0.6 is 0 Å². The molecule has 0 spiro atoms. The number of anilines is 1. The van der Waals surface area contributed by atoms with E-state index in [1.54, 1.807) is 54.6 Å². The normalized spacial score (nSPS) is 15.0. The third kappa shape index (κ3) is 4.81. The molecular formula is C31H25N5O5. The molecule has 1 unspecified atom stereocenters. The van der Waals surface area contributed by atoms with Crippen molar-refractivity contribution >= 4 is 17.6 Å². The van der Waals surface area contributed by atoms with Gasteiger partial charge < -0.3 is 19.7 Å². The van der Waals surface area contributed by atoms with E-state index in [-0.39, 0.29) is 28.6 Å². The number of rotatable bonds is 6. The molecule has 0 bridgehead atoms. The SMILES string of the molecule is COC(=O)C1=C(C(=O)OC)N(c2ccccc2-c2nc(-c3ccc(C)cc3)no2)C(N)=C(C#N)C1c1ccccc1. The van der Waals surface area contributed by atoms with Crippen LogP contribution in [0.3, 0.4) is 0 Å². The highest BCUT2D eigenvalue weighted by Gasteiger charge is 2.43. The number of allylic oxidation sites excluding steroid dienone is 1. The molecule has 204 valence electrons. The summed E-state index contributed by atoms with van der Waals surface area (Å²) < 4.78 is 15.9. The molecule has 2 N–H and O–H groups in total. The third-order valence-corrected chi connectivity index (χ3v) is 6.72. The maximum atomic E-state index is 13.4. The molecule has 1 aromatic heterocycles. The van der Waals surface area contributed by atoms with Crippen molar-refractivity contribution in [2.75, 3.05) is 19.1 Å². The van der Waals surface area contributed by atoms with Crippen molar-refractivity contribution < 1.29 is 23.6 Å². The number of nitrogens with two attached hydrogens (primary N) is 1. The summed E-state index contributed by atoms with van der Waals surface area (Å²) in [6.07, 6.45) is 0. The summed E-state index contributed by atoms with van der Waals surface area (Å²) in [4.78, 5) is 32.6. The molecule has 4 aromatic rings. The average molecular weight is 548 g/mol. The monoisotopic (exact) mass is 547 g/mol. The van der Waals surface area contributed by atoms with Crippen LogP contribution in [0.5, 0.6) is 0 Å². The van der Waals surface area contributed by atoms with Crippen LogP contribution in [0.25, 0.3) is 22.8 Å². The fraction of sp³-hybridized carbons (Fsp3) is 0.129. The number of esters is 2. The van der Waals surface area contributed by atoms with Crippen LogP contribution < -0.4 is 10.6 Å². The van der Waals surface area contributed by atoms with Crippen LogP contribution in [-0.4, -0.2) is 36.3 Å². The van der Waals surface area contributed by atoms with Crippen molar-refractivity contribution in [3.63, 3.8) is 0 Å². The Balaban J connectivity index is 1.75. The predicted octanol–water partition coefficient (Wildman–Crippen LogP) is 4.61. The molecule has 0 aliphatic carbocycles. The molecule has 2 heterocycles. The summed E-state index contributed by atoms with van der Waals surface area (Å²) in [6.45, 7) is 1.98. The number of benzene rings is 3. The topological polar surface area (TPSA) is 145 Å². The maximum absolute atomic E-state index is 13.4. The van der Waals surface area contributed by atoms with Crippen LogP contribution in [-0.2, 0) is 19.1 Å². The number of carbonyl (C=O) groups excluding carboxylic acids is 2. The first-order valence-corrected chi connectivity index (χ1v) is 12.5. The lowest BCUT2D eigenvalue weighted by molar-refractivity contribution is -0.139. The second-order valence-corrected chi connectivity index (χ2v) is 9.14. The van der Waals surface area contributed by atoms with Crippen LogP contribution in [0.15, 0.2) is 106 Å². The zero-order chi connectivity index (χ0) is 29.1. The largest absolute Gasteiger partial charge is 0.466 e. The molecule has 1 aliphatic heterocycles. The smallest absolute Gasteiger partial charge is 0.355 e. The Morgan fingerprint density at radius 3 is 2.27 bits per heavy atom. The van der Waals surface area contributed by atoms with Gasteiger partial charge in [0, 0.05) is 5.56 Å². The summed E-state index contributed by atoms with van der Waals surface area (Å²) in [6, 6.07) is 25.4.